The largest absolute Gasteiger partial charge is 0.391 e. The predicted molar refractivity (Wildman–Crippen MR) is 52.8 cm³/mol. The summed E-state index contributed by atoms with van der Waals surface area (Å²) in [6.45, 7) is 6.24. The smallest absolute Gasteiger partial charge is 0.228 e. The number of hydrogen-bond acceptors (Lipinski definition) is 3. The summed E-state index contributed by atoms with van der Waals surface area (Å²) in [5.74, 6) is 0.437. The second-order valence-corrected chi connectivity index (χ2v) is 4.28. The van der Waals surface area contributed by atoms with Crippen molar-refractivity contribution >= 4 is 5.91 Å². The van der Waals surface area contributed by atoms with Crippen LogP contribution in [0.3, 0.4) is 0 Å². The summed E-state index contributed by atoms with van der Waals surface area (Å²) in [6, 6.07) is 0. The Kier molecular flexibility index (Phi) is 2.74. The lowest BCUT2D eigenvalue weighted by atomic mass is 9.99. The number of aliphatic hydroxyl groups excluding tert-OH is 1. The molecule has 0 radical (unpaired) electrons. The molecule has 2 saturated heterocycles. The molecule has 0 aromatic heterocycles. The van der Waals surface area contributed by atoms with Crippen LogP contribution < -0.4 is 0 Å². The summed E-state index contributed by atoms with van der Waals surface area (Å²) in [5.41, 5.74) is 0. The molecule has 2 aliphatic rings. The summed E-state index contributed by atoms with van der Waals surface area (Å²) in [4.78, 5) is 15.9. The second kappa shape index (κ2) is 3.87. The van der Waals surface area contributed by atoms with Crippen molar-refractivity contribution in [3.63, 3.8) is 0 Å². The summed E-state index contributed by atoms with van der Waals surface area (Å²) in [5, 5.41) is 9.31. The van der Waals surface area contributed by atoms with E-state index < -0.39 is 0 Å². The molecule has 2 fully saturated rings. The number of carbonyl (C=O) groups excluding carboxylic acids is 1. The minimum Gasteiger partial charge on any atom is -0.391 e. The third-order valence-corrected chi connectivity index (χ3v) is 3.23. The van der Waals surface area contributed by atoms with Crippen LogP contribution in [-0.2, 0) is 4.79 Å². The monoisotopic (exact) mass is 198 g/mol. The molecule has 2 aliphatic heterocycles. The zero-order valence-electron chi connectivity index (χ0n) is 8.65. The maximum Gasteiger partial charge on any atom is 0.228 e. The summed E-state index contributed by atoms with van der Waals surface area (Å²) in [7, 11) is 0. The van der Waals surface area contributed by atoms with Gasteiger partial charge in [0.25, 0.3) is 0 Å². The van der Waals surface area contributed by atoms with Gasteiger partial charge >= 0.3 is 0 Å². The normalized spacial score (nSPS) is 29.3. The Morgan fingerprint density at radius 3 is 2.64 bits per heavy atom. The number of rotatable bonds is 2. The molecule has 1 atom stereocenters. The fraction of sp³-hybridized carbons (Fsp3) is 0.900. The second-order valence-electron chi connectivity index (χ2n) is 4.28. The first-order valence-corrected chi connectivity index (χ1v) is 5.40. The van der Waals surface area contributed by atoms with Gasteiger partial charge < -0.3 is 14.9 Å². The quantitative estimate of drug-likeness (QED) is 0.652. The average molecular weight is 198 g/mol. The van der Waals surface area contributed by atoms with Crippen molar-refractivity contribution in [3.8, 4) is 0 Å². The molecule has 14 heavy (non-hydrogen) atoms. The summed E-state index contributed by atoms with van der Waals surface area (Å²) >= 11 is 0. The molecule has 1 amide bonds. The van der Waals surface area contributed by atoms with E-state index in [-0.39, 0.29) is 17.9 Å². The van der Waals surface area contributed by atoms with Crippen molar-refractivity contribution in [1.82, 2.24) is 9.80 Å². The Bertz CT molecular complexity index is 226. The van der Waals surface area contributed by atoms with E-state index in [0.717, 1.165) is 32.6 Å². The third kappa shape index (κ3) is 1.77. The molecule has 0 aromatic rings. The number of amides is 1. The number of β-amino-alcohol motifs (C(OH)–C–C–N with tert-alkyl or cyclic N) is 1. The fourth-order valence-electron chi connectivity index (χ4n) is 2.18. The molecule has 1 N–H and O–H groups in total. The lowest BCUT2D eigenvalue weighted by Crippen LogP contribution is -2.53. The van der Waals surface area contributed by atoms with Crippen LogP contribution in [0.2, 0.25) is 0 Å². The van der Waals surface area contributed by atoms with Gasteiger partial charge in [0.1, 0.15) is 0 Å². The van der Waals surface area contributed by atoms with Crippen LogP contribution >= 0.6 is 0 Å². The number of likely N-dealkylation sites (tertiary alicyclic amines) is 2. The minimum atomic E-state index is -0.290. The first-order chi connectivity index (χ1) is 6.70. The van der Waals surface area contributed by atoms with E-state index in [4.69, 9.17) is 0 Å². The molecule has 4 heteroatoms. The zero-order valence-corrected chi connectivity index (χ0v) is 8.65. The van der Waals surface area contributed by atoms with Crippen molar-refractivity contribution in [2.24, 2.45) is 5.92 Å². The van der Waals surface area contributed by atoms with E-state index in [9.17, 15) is 9.90 Å². The van der Waals surface area contributed by atoms with Crippen LogP contribution in [0.4, 0.5) is 0 Å². The molecule has 1 unspecified atom stereocenters. The maximum atomic E-state index is 11.8. The van der Waals surface area contributed by atoms with E-state index in [1.54, 1.807) is 0 Å². The van der Waals surface area contributed by atoms with Crippen molar-refractivity contribution in [3.05, 3.63) is 0 Å². The van der Waals surface area contributed by atoms with Gasteiger partial charge in [-0.3, -0.25) is 4.79 Å². The van der Waals surface area contributed by atoms with Crippen LogP contribution in [0.15, 0.2) is 0 Å². The third-order valence-electron chi connectivity index (χ3n) is 3.23. The van der Waals surface area contributed by atoms with Crippen molar-refractivity contribution in [1.29, 1.82) is 0 Å². The Labute approximate surface area is 84.5 Å². The van der Waals surface area contributed by atoms with E-state index in [0.29, 0.717) is 6.54 Å². The van der Waals surface area contributed by atoms with Gasteiger partial charge in [-0.25, -0.2) is 0 Å². The average Bonchev–Trinajstić information content (AvgIpc) is 2.49. The summed E-state index contributed by atoms with van der Waals surface area (Å²) in [6.07, 6.45) is 0.456. The molecule has 0 aromatic carbocycles. The molecular weight excluding hydrogens is 180 g/mol. The molecule has 2 heterocycles. The Hall–Kier alpha value is -0.610. The highest BCUT2D eigenvalue weighted by Gasteiger charge is 2.36. The molecule has 0 saturated carbocycles. The van der Waals surface area contributed by atoms with Crippen LogP contribution in [0, 0.1) is 5.92 Å². The molecule has 2 rings (SSSR count). The molecule has 4 nitrogen and oxygen atoms in total. The minimum absolute atomic E-state index is 0.195. The van der Waals surface area contributed by atoms with Gasteiger partial charge in [0.2, 0.25) is 5.91 Å². The Balaban J connectivity index is 1.79. The van der Waals surface area contributed by atoms with Crippen molar-refractivity contribution in [2.75, 3.05) is 32.7 Å². The van der Waals surface area contributed by atoms with Crippen LogP contribution in [-0.4, -0.2) is 59.6 Å². The molecule has 0 aliphatic carbocycles. The fourth-order valence-corrected chi connectivity index (χ4v) is 2.18. The lowest BCUT2D eigenvalue weighted by molar-refractivity contribution is -0.140. The number of aliphatic hydroxyl groups is 1. The van der Waals surface area contributed by atoms with Crippen LogP contribution in [0.5, 0.6) is 0 Å². The highest BCUT2D eigenvalue weighted by atomic mass is 16.3. The SMILES string of the molecule is CCN1CC(C(=O)N2CCC(O)C2)C1. The highest BCUT2D eigenvalue weighted by Crippen LogP contribution is 2.20. The topological polar surface area (TPSA) is 43.8 Å². The first kappa shape index (κ1) is 9.93. The van der Waals surface area contributed by atoms with Gasteiger partial charge in [0, 0.05) is 26.2 Å². The lowest BCUT2D eigenvalue weighted by Gasteiger charge is -2.39. The van der Waals surface area contributed by atoms with E-state index >= 15 is 0 Å². The first-order valence-electron chi connectivity index (χ1n) is 5.40. The predicted octanol–water partition coefficient (Wildman–Crippen LogP) is -0.469. The molecule has 0 spiro atoms. The number of carbonyl (C=O) groups is 1. The zero-order chi connectivity index (χ0) is 10.1. The molecule has 80 valence electrons. The van der Waals surface area contributed by atoms with Crippen LogP contribution in [0.25, 0.3) is 0 Å². The van der Waals surface area contributed by atoms with Gasteiger partial charge in [0.15, 0.2) is 0 Å². The van der Waals surface area contributed by atoms with Crippen LogP contribution in [0.1, 0.15) is 13.3 Å². The van der Waals surface area contributed by atoms with Crippen molar-refractivity contribution in [2.45, 2.75) is 19.4 Å². The van der Waals surface area contributed by atoms with Crippen molar-refractivity contribution < 1.29 is 9.90 Å². The molecular formula is C10H18N2O2. The van der Waals surface area contributed by atoms with Gasteiger partial charge in [0.05, 0.1) is 12.0 Å². The highest BCUT2D eigenvalue weighted by molar-refractivity contribution is 5.80. The van der Waals surface area contributed by atoms with Gasteiger partial charge in [-0.05, 0) is 13.0 Å². The standard InChI is InChI=1S/C10H18N2O2/c1-2-11-5-8(6-11)10(14)12-4-3-9(13)7-12/h8-9,13H,2-7H2,1H3. The van der Waals surface area contributed by atoms with E-state index in [1.807, 2.05) is 4.90 Å². The number of nitrogens with zero attached hydrogens (tertiary/aromatic N) is 2. The van der Waals surface area contributed by atoms with E-state index in [1.165, 1.54) is 0 Å². The Morgan fingerprint density at radius 1 is 1.43 bits per heavy atom. The van der Waals surface area contributed by atoms with E-state index in [2.05, 4.69) is 11.8 Å². The van der Waals surface area contributed by atoms with Gasteiger partial charge in [-0.2, -0.15) is 0 Å². The number of hydrogen-bond donors (Lipinski definition) is 1. The maximum absolute atomic E-state index is 11.8. The Morgan fingerprint density at radius 2 is 2.14 bits per heavy atom. The van der Waals surface area contributed by atoms with Gasteiger partial charge in [-0.1, -0.05) is 6.92 Å². The van der Waals surface area contributed by atoms with Gasteiger partial charge in [-0.15, -0.1) is 0 Å². The molecule has 0 bridgehead atoms. The summed E-state index contributed by atoms with van der Waals surface area (Å²) < 4.78 is 0.